The van der Waals surface area contributed by atoms with Crippen molar-refractivity contribution >= 4 is 11.4 Å². The molecule has 0 aliphatic heterocycles. The van der Waals surface area contributed by atoms with Crippen molar-refractivity contribution < 1.29 is 18.1 Å². The molecule has 5 nitrogen and oxygen atoms in total. The predicted octanol–water partition coefficient (Wildman–Crippen LogP) is 1.59. The molecule has 0 radical (unpaired) electrons. The lowest BCUT2D eigenvalue weighted by Crippen LogP contribution is -2.11. The second-order valence-electron chi connectivity index (χ2n) is 2.37. The Morgan fingerprint density at radius 1 is 1.43 bits per heavy atom. The number of hydrogen-bond acceptors (Lipinski definition) is 4. The Balaban J connectivity index is 3.35. The fraction of sp³-hybridized carbons (Fsp3) is 0.167. The van der Waals surface area contributed by atoms with Gasteiger partial charge in [-0.05, 0) is 0 Å². The van der Waals surface area contributed by atoms with E-state index >= 15 is 0 Å². The number of anilines is 1. The molecule has 0 amide bonds. The molecule has 0 aromatic carbocycles. The zero-order chi connectivity index (χ0) is 10.9. The first kappa shape index (κ1) is 10.2. The summed E-state index contributed by atoms with van der Waals surface area (Å²) in [6.45, 7) is 0. The third-order valence-corrected chi connectivity index (χ3v) is 1.47. The van der Waals surface area contributed by atoms with Crippen LogP contribution in [0.4, 0.5) is 24.5 Å². The van der Waals surface area contributed by atoms with Crippen molar-refractivity contribution in [1.82, 2.24) is 4.98 Å². The smallest absolute Gasteiger partial charge is 0.393 e. The quantitative estimate of drug-likeness (QED) is 0.559. The van der Waals surface area contributed by atoms with E-state index in [9.17, 15) is 23.3 Å². The summed E-state index contributed by atoms with van der Waals surface area (Å²) in [7, 11) is 0. The van der Waals surface area contributed by atoms with Crippen molar-refractivity contribution in [1.29, 1.82) is 0 Å². The summed E-state index contributed by atoms with van der Waals surface area (Å²) < 4.78 is 36.4. The summed E-state index contributed by atoms with van der Waals surface area (Å²) >= 11 is 0. The molecule has 0 saturated heterocycles. The van der Waals surface area contributed by atoms with Crippen LogP contribution in [0, 0.1) is 10.1 Å². The van der Waals surface area contributed by atoms with Crippen LogP contribution in [0.3, 0.4) is 0 Å². The van der Waals surface area contributed by atoms with Gasteiger partial charge in [-0.25, -0.2) is 0 Å². The van der Waals surface area contributed by atoms with Gasteiger partial charge in [-0.15, -0.1) is 0 Å². The largest absolute Gasteiger partial charge is 0.420 e. The number of aromatic nitrogens is 1. The molecule has 0 aliphatic rings. The molecule has 1 rings (SSSR count). The fourth-order valence-corrected chi connectivity index (χ4v) is 0.831. The van der Waals surface area contributed by atoms with Gasteiger partial charge in [0.25, 0.3) is 0 Å². The average molecular weight is 207 g/mol. The number of nitrogen functional groups attached to an aromatic ring is 1. The van der Waals surface area contributed by atoms with Gasteiger partial charge in [0.15, 0.2) is 0 Å². The molecule has 0 aliphatic carbocycles. The van der Waals surface area contributed by atoms with Crippen LogP contribution < -0.4 is 5.73 Å². The van der Waals surface area contributed by atoms with E-state index < -0.39 is 28.0 Å². The molecule has 76 valence electrons. The van der Waals surface area contributed by atoms with Crippen LogP contribution in [0.2, 0.25) is 0 Å². The van der Waals surface area contributed by atoms with Gasteiger partial charge in [0.2, 0.25) is 0 Å². The zero-order valence-electron chi connectivity index (χ0n) is 6.58. The molecular formula is C6H4F3N3O2. The molecule has 1 aromatic rings. The summed E-state index contributed by atoms with van der Waals surface area (Å²) in [5, 5.41) is 10.2. The van der Waals surface area contributed by atoms with Crippen LogP contribution in [0.5, 0.6) is 0 Å². The molecule has 8 heteroatoms. The molecule has 1 aromatic heterocycles. The van der Waals surface area contributed by atoms with E-state index in [1.165, 1.54) is 0 Å². The van der Waals surface area contributed by atoms with Crippen molar-refractivity contribution in [3.8, 4) is 0 Å². The molecule has 0 bridgehead atoms. The maximum absolute atomic E-state index is 12.1. The van der Waals surface area contributed by atoms with Gasteiger partial charge < -0.3 is 5.73 Å². The number of nitrogens with two attached hydrogens (primary N) is 1. The number of alkyl halides is 3. The third kappa shape index (κ3) is 1.73. The Morgan fingerprint density at radius 2 is 2.00 bits per heavy atom. The molecule has 0 unspecified atom stereocenters. The highest BCUT2D eigenvalue weighted by Crippen LogP contribution is 2.36. The highest BCUT2D eigenvalue weighted by Gasteiger charge is 2.36. The van der Waals surface area contributed by atoms with Crippen molar-refractivity contribution in [2.75, 3.05) is 5.73 Å². The van der Waals surface area contributed by atoms with E-state index in [2.05, 4.69) is 4.98 Å². The van der Waals surface area contributed by atoms with Gasteiger partial charge in [0, 0.05) is 6.20 Å². The van der Waals surface area contributed by atoms with Gasteiger partial charge in [-0.3, -0.25) is 15.1 Å². The van der Waals surface area contributed by atoms with Gasteiger partial charge >= 0.3 is 11.9 Å². The average Bonchev–Trinajstić information content (AvgIpc) is 2.01. The van der Waals surface area contributed by atoms with Crippen LogP contribution in [0.1, 0.15) is 5.56 Å². The first-order chi connectivity index (χ1) is 6.34. The molecular weight excluding hydrogens is 203 g/mol. The van der Waals surface area contributed by atoms with E-state index in [4.69, 9.17) is 5.73 Å². The SMILES string of the molecule is Nc1c([N+](=O)[O-])cncc1C(F)(F)F. The van der Waals surface area contributed by atoms with Crippen LogP contribution >= 0.6 is 0 Å². The number of pyridine rings is 1. The van der Waals surface area contributed by atoms with E-state index in [1.54, 1.807) is 0 Å². The van der Waals surface area contributed by atoms with Crippen LogP contribution in [-0.2, 0) is 6.18 Å². The minimum Gasteiger partial charge on any atom is -0.393 e. The Morgan fingerprint density at radius 3 is 2.43 bits per heavy atom. The van der Waals surface area contributed by atoms with Gasteiger partial charge in [-0.2, -0.15) is 13.2 Å². The number of hydrogen-bond donors (Lipinski definition) is 1. The summed E-state index contributed by atoms with van der Waals surface area (Å²) in [6.07, 6.45) is -3.62. The Labute approximate surface area is 75.5 Å². The van der Waals surface area contributed by atoms with Gasteiger partial charge in [0.05, 0.1) is 4.92 Å². The first-order valence-corrected chi connectivity index (χ1v) is 3.29. The minimum absolute atomic E-state index is 0.447. The van der Waals surface area contributed by atoms with E-state index in [-0.39, 0.29) is 0 Å². The topological polar surface area (TPSA) is 82.0 Å². The second-order valence-corrected chi connectivity index (χ2v) is 2.37. The van der Waals surface area contributed by atoms with E-state index in [0.717, 1.165) is 0 Å². The normalized spacial score (nSPS) is 11.4. The van der Waals surface area contributed by atoms with Crippen LogP contribution in [-0.4, -0.2) is 9.91 Å². The summed E-state index contributed by atoms with van der Waals surface area (Å²) in [4.78, 5) is 12.3. The number of rotatable bonds is 1. The summed E-state index contributed by atoms with van der Waals surface area (Å²) in [5.74, 6) is 0. The van der Waals surface area contributed by atoms with Crippen molar-refractivity contribution in [2.24, 2.45) is 0 Å². The molecule has 0 atom stereocenters. The first-order valence-electron chi connectivity index (χ1n) is 3.29. The molecule has 2 N–H and O–H groups in total. The van der Waals surface area contributed by atoms with Crippen LogP contribution in [0.15, 0.2) is 12.4 Å². The van der Waals surface area contributed by atoms with Gasteiger partial charge in [-0.1, -0.05) is 0 Å². The lowest BCUT2D eigenvalue weighted by Gasteiger charge is -2.08. The number of nitrogens with zero attached hydrogens (tertiary/aromatic N) is 2. The predicted molar refractivity (Wildman–Crippen MR) is 40.3 cm³/mol. The van der Waals surface area contributed by atoms with Crippen LogP contribution in [0.25, 0.3) is 0 Å². The second kappa shape index (κ2) is 3.13. The molecule has 0 saturated carbocycles. The minimum atomic E-state index is -4.73. The van der Waals surface area contributed by atoms with Crippen molar-refractivity contribution in [3.63, 3.8) is 0 Å². The monoisotopic (exact) mass is 207 g/mol. The van der Waals surface area contributed by atoms with Crippen molar-refractivity contribution in [3.05, 3.63) is 28.1 Å². The maximum atomic E-state index is 12.1. The Hall–Kier alpha value is -1.86. The number of halogens is 3. The molecule has 0 fully saturated rings. The lowest BCUT2D eigenvalue weighted by atomic mass is 10.2. The Kier molecular flexibility index (Phi) is 2.28. The standard InChI is InChI=1S/C6H4F3N3O2/c7-6(8,9)3-1-11-2-4(5(3)10)12(13)14/h1-2H,(H2,10,11). The fourth-order valence-electron chi connectivity index (χ4n) is 0.831. The van der Waals surface area contributed by atoms with Gasteiger partial charge in [0.1, 0.15) is 17.4 Å². The lowest BCUT2D eigenvalue weighted by molar-refractivity contribution is -0.384. The molecule has 0 spiro atoms. The highest BCUT2D eigenvalue weighted by atomic mass is 19.4. The van der Waals surface area contributed by atoms with E-state index in [0.29, 0.717) is 12.4 Å². The molecule has 14 heavy (non-hydrogen) atoms. The zero-order valence-corrected chi connectivity index (χ0v) is 6.58. The Bertz CT molecular complexity index is 377. The summed E-state index contributed by atoms with van der Waals surface area (Å²) in [6, 6.07) is 0. The maximum Gasteiger partial charge on any atom is 0.420 e. The van der Waals surface area contributed by atoms with Crippen molar-refractivity contribution in [2.45, 2.75) is 6.18 Å². The highest BCUT2D eigenvalue weighted by molar-refractivity contribution is 5.62. The third-order valence-electron chi connectivity index (χ3n) is 1.47. The summed E-state index contributed by atoms with van der Waals surface area (Å²) in [5.41, 5.74) is 1.90. The van der Waals surface area contributed by atoms with E-state index in [1.807, 2.05) is 0 Å². The molecule has 1 heterocycles. The number of nitro groups is 1.